The van der Waals surface area contributed by atoms with Gasteiger partial charge in [-0.15, -0.1) is 0 Å². The summed E-state index contributed by atoms with van der Waals surface area (Å²) in [6.45, 7) is 0. The second kappa shape index (κ2) is 2.34. The van der Waals surface area contributed by atoms with Gasteiger partial charge in [0, 0.05) is 0 Å². The van der Waals surface area contributed by atoms with Crippen LogP contribution in [0.1, 0.15) is 0 Å². The van der Waals surface area contributed by atoms with Gasteiger partial charge in [0.2, 0.25) is 0 Å². The minimum absolute atomic E-state index is 0.692. The zero-order chi connectivity index (χ0) is 6.78. The van der Waals surface area contributed by atoms with E-state index < -0.39 is 22.6 Å². The molecule has 0 saturated carbocycles. The Morgan fingerprint density at radius 1 is 1.25 bits per heavy atom. The maximum Gasteiger partial charge on any atom is 0.406 e. The van der Waals surface area contributed by atoms with E-state index in [-0.39, 0.29) is 0 Å². The van der Waals surface area contributed by atoms with Crippen molar-refractivity contribution in [2.24, 2.45) is 0 Å². The predicted molar refractivity (Wildman–Crippen MR) is 20.7 cm³/mol. The molecule has 0 aromatic heterocycles. The number of halogens is 3. The highest BCUT2D eigenvalue weighted by molar-refractivity contribution is 7.74. The largest absolute Gasteiger partial charge is 0.406 e. The number of hydrogen-bond donors (Lipinski definition) is 1. The summed E-state index contributed by atoms with van der Waals surface area (Å²) >= 11 is 0. The summed E-state index contributed by atoms with van der Waals surface area (Å²) in [5.74, 6) is -0.692. The molecule has 0 aliphatic carbocycles. The average Bonchev–Trinajstić information content (AvgIpc) is 1.21. The molecule has 0 atom stereocenters. The maximum atomic E-state index is 10.9. The zero-order valence-corrected chi connectivity index (χ0v) is 4.37. The molecule has 0 spiro atoms. The van der Waals surface area contributed by atoms with E-state index in [1.807, 2.05) is 0 Å². The number of thiol groups is 1. The third kappa shape index (κ3) is 5.74. The standard InChI is InChI=1S/C2H2F3O2S/c3-2(4,5)1-8(6)7/h1,8H. The summed E-state index contributed by atoms with van der Waals surface area (Å²) in [6.07, 6.45) is -4.70. The van der Waals surface area contributed by atoms with Gasteiger partial charge in [0.1, 0.15) is 0 Å². The molecule has 0 fully saturated rings. The molecule has 6 heteroatoms. The van der Waals surface area contributed by atoms with Crippen LogP contribution in [-0.2, 0) is 10.7 Å². The molecule has 0 bridgehead atoms. The fraction of sp³-hybridized carbons (Fsp3) is 0.500. The number of hydrogen-bond acceptors (Lipinski definition) is 2. The van der Waals surface area contributed by atoms with Gasteiger partial charge in [-0.2, -0.15) is 13.2 Å². The lowest BCUT2D eigenvalue weighted by Gasteiger charge is -1.95. The normalized spacial score (nSPS) is 12.5. The fourth-order valence-corrected chi connectivity index (χ4v) is 0.359. The molecule has 0 N–H and O–H groups in total. The first-order valence-electron chi connectivity index (χ1n) is 1.48. The van der Waals surface area contributed by atoms with Gasteiger partial charge in [0.05, 0.1) is 0 Å². The lowest BCUT2D eigenvalue weighted by molar-refractivity contribution is -0.0876. The molecule has 0 aliphatic heterocycles. The van der Waals surface area contributed by atoms with Gasteiger partial charge < -0.3 is 0 Å². The van der Waals surface area contributed by atoms with E-state index >= 15 is 0 Å². The van der Waals surface area contributed by atoms with E-state index in [4.69, 9.17) is 0 Å². The third-order valence-electron chi connectivity index (χ3n) is 0.252. The first-order valence-corrected chi connectivity index (χ1v) is 2.73. The van der Waals surface area contributed by atoms with Crippen LogP contribution in [-0.4, -0.2) is 14.6 Å². The number of alkyl halides is 3. The molecular weight excluding hydrogens is 145 g/mol. The number of rotatable bonds is 1. The van der Waals surface area contributed by atoms with Gasteiger partial charge in [-0.3, -0.25) is 0 Å². The van der Waals surface area contributed by atoms with Crippen molar-refractivity contribution in [3.8, 4) is 0 Å². The Morgan fingerprint density at radius 2 is 1.62 bits per heavy atom. The van der Waals surface area contributed by atoms with E-state index in [1.54, 1.807) is 0 Å². The highest BCUT2D eigenvalue weighted by atomic mass is 32.2. The van der Waals surface area contributed by atoms with Crippen LogP contribution >= 0.6 is 0 Å². The molecule has 0 aromatic carbocycles. The molecule has 8 heavy (non-hydrogen) atoms. The summed E-state index contributed by atoms with van der Waals surface area (Å²) in [6, 6.07) is 0. The molecular formula is C2H2F3O2S. The molecule has 1 radical (unpaired) electrons. The monoisotopic (exact) mass is 147 g/mol. The Morgan fingerprint density at radius 3 is 1.62 bits per heavy atom. The fourth-order valence-electron chi connectivity index (χ4n) is 0.120. The first-order chi connectivity index (χ1) is 3.42. The topological polar surface area (TPSA) is 34.1 Å². The lowest BCUT2D eigenvalue weighted by Crippen LogP contribution is -2.08. The van der Waals surface area contributed by atoms with Gasteiger partial charge in [-0.25, -0.2) is 8.42 Å². The van der Waals surface area contributed by atoms with Crippen molar-refractivity contribution in [3.63, 3.8) is 0 Å². The van der Waals surface area contributed by atoms with Crippen molar-refractivity contribution in [2.75, 3.05) is 0 Å². The van der Waals surface area contributed by atoms with Crippen LogP contribution in [0.4, 0.5) is 13.2 Å². The second-order valence-electron chi connectivity index (χ2n) is 0.956. The van der Waals surface area contributed by atoms with Gasteiger partial charge in [0.15, 0.2) is 16.5 Å². The van der Waals surface area contributed by atoms with Crippen LogP contribution in [0.5, 0.6) is 0 Å². The molecule has 0 unspecified atom stereocenters. The SMILES string of the molecule is O=[SH](=O)[CH]C(F)(F)F. The summed E-state index contributed by atoms with van der Waals surface area (Å²) in [4.78, 5) is 0. The van der Waals surface area contributed by atoms with Crippen molar-refractivity contribution in [2.45, 2.75) is 6.18 Å². The van der Waals surface area contributed by atoms with Crippen molar-refractivity contribution in [1.29, 1.82) is 0 Å². The third-order valence-corrected chi connectivity index (χ3v) is 0.755. The van der Waals surface area contributed by atoms with E-state index in [0.717, 1.165) is 0 Å². The van der Waals surface area contributed by atoms with Gasteiger partial charge in [-0.05, 0) is 0 Å². The lowest BCUT2D eigenvalue weighted by atomic mass is 10.8. The molecule has 0 amide bonds. The highest BCUT2D eigenvalue weighted by Crippen LogP contribution is 2.17. The molecule has 2 nitrogen and oxygen atoms in total. The molecule has 0 saturated heterocycles. The van der Waals surface area contributed by atoms with E-state index in [1.165, 1.54) is 0 Å². The van der Waals surface area contributed by atoms with Gasteiger partial charge >= 0.3 is 6.18 Å². The zero-order valence-electron chi connectivity index (χ0n) is 3.47. The summed E-state index contributed by atoms with van der Waals surface area (Å²) < 4.78 is 51.2. The Bertz CT molecular complexity index is 127. The van der Waals surface area contributed by atoms with E-state index in [2.05, 4.69) is 0 Å². The average molecular weight is 147 g/mol. The summed E-state index contributed by atoms with van der Waals surface area (Å²) in [5.41, 5.74) is 0. The smallest absolute Gasteiger partial charge is 0.231 e. The molecule has 0 aromatic rings. The van der Waals surface area contributed by atoms with Crippen LogP contribution in [0.2, 0.25) is 0 Å². The molecule has 0 heterocycles. The first kappa shape index (κ1) is 7.74. The van der Waals surface area contributed by atoms with Crippen molar-refractivity contribution >= 4 is 10.7 Å². The summed E-state index contributed by atoms with van der Waals surface area (Å²) in [5, 5.41) is 0. The van der Waals surface area contributed by atoms with Gasteiger partial charge in [0.25, 0.3) is 0 Å². The minimum atomic E-state index is -4.70. The quantitative estimate of drug-likeness (QED) is 0.542. The van der Waals surface area contributed by atoms with Crippen molar-refractivity contribution in [1.82, 2.24) is 0 Å². The van der Waals surface area contributed by atoms with Crippen molar-refractivity contribution in [3.05, 3.63) is 5.75 Å². The molecule has 0 aliphatic rings. The van der Waals surface area contributed by atoms with E-state index in [9.17, 15) is 21.6 Å². The van der Waals surface area contributed by atoms with Crippen LogP contribution < -0.4 is 0 Å². The van der Waals surface area contributed by atoms with Crippen LogP contribution in [0.25, 0.3) is 0 Å². The van der Waals surface area contributed by atoms with E-state index in [0.29, 0.717) is 0 Å². The van der Waals surface area contributed by atoms with Crippen LogP contribution in [0, 0.1) is 5.75 Å². The maximum absolute atomic E-state index is 10.9. The molecule has 0 rings (SSSR count). The Balaban J connectivity index is 3.73. The Labute approximate surface area is 45.3 Å². The second-order valence-corrected chi connectivity index (χ2v) is 1.78. The minimum Gasteiger partial charge on any atom is -0.231 e. The Kier molecular flexibility index (Phi) is 2.26. The highest BCUT2D eigenvalue weighted by Gasteiger charge is 2.29. The molecule has 49 valence electrons. The predicted octanol–water partition coefficient (Wildman–Crippen LogP) is 0.322. The Hall–Kier alpha value is -0.260. The van der Waals surface area contributed by atoms with Crippen molar-refractivity contribution < 1.29 is 21.6 Å². The van der Waals surface area contributed by atoms with Gasteiger partial charge in [-0.1, -0.05) is 0 Å². The van der Waals surface area contributed by atoms with Crippen LogP contribution in [0.3, 0.4) is 0 Å². The van der Waals surface area contributed by atoms with Crippen LogP contribution in [0.15, 0.2) is 0 Å². The summed E-state index contributed by atoms with van der Waals surface area (Å²) in [7, 11) is -3.44.